The van der Waals surface area contributed by atoms with Gasteiger partial charge in [-0.05, 0) is 131 Å². The van der Waals surface area contributed by atoms with Gasteiger partial charge in [0.05, 0.1) is 45.7 Å². The first-order valence-electron chi connectivity index (χ1n) is 30.8. The molecule has 2 aliphatic rings. The van der Waals surface area contributed by atoms with Gasteiger partial charge in [0.2, 0.25) is 36.7 Å². The molecule has 4 aromatic rings. The minimum atomic E-state index is -2.82. The van der Waals surface area contributed by atoms with E-state index in [0.717, 1.165) is 62.4 Å². The van der Waals surface area contributed by atoms with Crippen molar-refractivity contribution in [3.8, 4) is 11.5 Å². The number of unbranched alkanes of at least 4 members (excludes halogenated alkanes) is 1. The van der Waals surface area contributed by atoms with E-state index in [4.69, 9.17) is 29.5 Å². The number of urea groups is 1. The van der Waals surface area contributed by atoms with Crippen LogP contribution in [0, 0.1) is 16.6 Å². The summed E-state index contributed by atoms with van der Waals surface area (Å²) in [6.45, 7) is 10.6. The SMILES string of the molecule is CC(CC(=O)N1CCN(C)CC1)NCNC(=O)Nc1ccc(OCCOCC[N+](=O)CC(CCOCCOCCN(C)CCCCOc2ccc(CCC(=O)N(CC3CCC(F)(F)C3)C(C(=O)NCc3ccc(F)cc3)c3ccccc3)cc2)NN)cc1. The molecule has 1 aliphatic heterocycles. The van der Waals surface area contributed by atoms with Crippen LogP contribution in [-0.4, -0.2) is 199 Å². The van der Waals surface area contributed by atoms with Crippen LogP contribution in [0.5, 0.6) is 11.5 Å². The van der Waals surface area contributed by atoms with E-state index in [-0.39, 0.29) is 108 Å². The first kappa shape index (κ1) is 70.3. The number of amides is 5. The van der Waals surface area contributed by atoms with E-state index in [9.17, 15) is 37.3 Å². The highest BCUT2D eigenvalue weighted by Crippen LogP contribution is 2.40. The molecule has 7 N–H and O–H groups in total. The van der Waals surface area contributed by atoms with Crippen LogP contribution in [0.15, 0.2) is 103 Å². The molecule has 6 rings (SSSR count). The first-order chi connectivity index (χ1) is 42.5. The summed E-state index contributed by atoms with van der Waals surface area (Å²) < 4.78 is 72.1. The summed E-state index contributed by atoms with van der Waals surface area (Å²) in [7, 11) is 4.09. The van der Waals surface area contributed by atoms with Crippen LogP contribution in [0.4, 0.5) is 23.7 Å². The van der Waals surface area contributed by atoms with Crippen molar-refractivity contribution in [3.05, 3.63) is 131 Å². The van der Waals surface area contributed by atoms with Crippen molar-refractivity contribution < 1.29 is 60.8 Å². The lowest BCUT2D eigenvalue weighted by Gasteiger charge is -2.33. The van der Waals surface area contributed by atoms with Crippen LogP contribution < -0.4 is 42.0 Å². The predicted octanol–water partition coefficient (Wildman–Crippen LogP) is 6.52. The van der Waals surface area contributed by atoms with Gasteiger partial charge in [0.15, 0.2) is 0 Å². The summed E-state index contributed by atoms with van der Waals surface area (Å²) >= 11 is 0. The number of piperazine rings is 1. The number of nitrogens with two attached hydrogens (primary N) is 1. The maximum absolute atomic E-state index is 14.4. The first-order valence-corrected chi connectivity index (χ1v) is 30.8. The van der Waals surface area contributed by atoms with Crippen molar-refractivity contribution in [1.82, 2.24) is 41.0 Å². The third-order valence-corrected chi connectivity index (χ3v) is 15.5. The second kappa shape index (κ2) is 38.6. The molecule has 4 atom stereocenters. The van der Waals surface area contributed by atoms with E-state index in [1.807, 2.05) is 50.2 Å². The van der Waals surface area contributed by atoms with E-state index < -0.39 is 29.6 Å². The number of rotatable bonds is 41. The molecule has 1 heterocycles. The van der Waals surface area contributed by atoms with Crippen LogP contribution in [0.2, 0.25) is 0 Å². The van der Waals surface area contributed by atoms with Crippen molar-refractivity contribution in [2.75, 3.05) is 138 Å². The average molecular weight is 1230 g/mol. The fraction of sp³-hybridized carbons (Fsp3) is 0.562. The number of carbonyl (C=O) groups excluding carboxylic acids is 4. The molecule has 484 valence electrons. The van der Waals surface area contributed by atoms with Gasteiger partial charge in [-0.3, -0.25) is 31.0 Å². The van der Waals surface area contributed by atoms with Gasteiger partial charge < -0.3 is 59.2 Å². The van der Waals surface area contributed by atoms with E-state index in [2.05, 4.69) is 36.5 Å². The fourth-order valence-electron chi connectivity index (χ4n) is 10.2. The molecule has 0 bridgehead atoms. The Bertz CT molecular complexity index is 2680. The molecule has 1 aliphatic carbocycles. The molecule has 0 radical (unpaired) electrons. The van der Waals surface area contributed by atoms with Crippen LogP contribution in [0.3, 0.4) is 0 Å². The number of nitrogens with one attached hydrogen (secondary N) is 5. The summed E-state index contributed by atoms with van der Waals surface area (Å²) in [5.74, 6) is 2.70. The lowest BCUT2D eigenvalue weighted by atomic mass is 9.99. The van der Waals surface area contributed by atoms with Crippen LogP contribution in [0.1, 0.15) is 81.0 Å². The van der Waals surface area contributed by atoms with E-state index in [1.165, 1.54) is 17.0 Å². The number of nitrogens with zero attached hydrogens (tertiary/aromatic N) is 5. The van der Waals surface area contributed by atoms with Crippen LogP contribution in [0.25, 0.3) is 0 Å². The molecule has 5 amide bonds. The Morgan fingerprint density at radius 2 is 1.43 bits per heavy atom. The number of halogens is 3. The lowest BCUT2D eigenvalue weighted by Crippen LogP contribution is -2.49. The number of hydrogen-bond acceptors (Lipinski definition) is 15. The van der Waals surface area contributed by atoms with Crippen molar-refractivity contribution in [2.24, 2.45) is 11.8 Å². The Kier molecular flexibility index (Phi) is 30.8. The number of aryl methyl sites for hydroxylation is 1. The number of hydrogen-bond donors (Lipinski definition) is 6. The Balaban J connectivity index is 0.748. The summed E-state index contributed by atoms with van der Waals surface area (Å²) in [6, 6.07) is 27.3. The number of ether oxygens (including phenoxy) is 5. The van der Waals surface area contributed by atoms with Crippen LogP contribution in [-0.2, 0) is 41.6 Å². The highest BCUT2D eigenvalue weighted by molar-refractivity contribution is 5.89. The smallest absolute Gasteiger partial charge is 0.320 e. The Hall–Kier alpha value is -6.77. The largest absolute Gasteiger partial charge is 0.494 e. The molecule has 4 aromatic carbocycles. The third-order valence-electron chi connectivity index (χ3n) is 15.5. The Morgan fingerprint density at radius 3 is 2.12 bits per heavy atom. The molecule has 24 heteroatoms. The topological polar surface area (TPSA) is 234 Å². The third kappa shape index (κ3) is 26.9. The zero-order valence-electron chi connectivity index (χ0n) is 51.5. The van der Waals surface area contributed by atoms with E-state index in [1.54, 1.807) is 66.7 Å². The molecule has 2 fully saturated rings. The van der Waals surface area contributed by atoms with Crippen LogP contribution >= 0.6 is 0 Å². The lowest BCUT2D eigenvalue weighted by molar-refractivity contribution is -0.554. The summed E-state index contributed by atoms with van der Waals surface area (Å²) in [4.78, 5) is 73.3. The normalized spacial score (nSPS) is 16.0. The minimum absolute atomic E-state index is 0.0164. The molecule has 21 nitrogen and oxygen atoms in total. The molecule has 0 spiro atoms. The Morgan fingerprint density at radius 1 is 0.773 bits per heavy atom. The van der Waals surface area contributed by atoms with Gasteiger partial charge in [0.25, 0.3) is 0 Å². The summed E-state index contributed by atoms with van der Waals surface area (Å²) in [5.41, 5.74) is 5.42. The summed E-state index contributed by atoms with van der Waals surface area (Å²) in [5, 5.41) is 11.6. The predicted molar refractivity (Wildman–Crippen MR) is 330 cm³/mol. The highest BCUT2D eigenvalue weighted by atomic mass is 19.3. The van der Waals surface area contributed by atoms with Gasteiger partial charge >= 0.3 is 6.03 Å². The minimum Gasteiger partial charge on any atom is -0.494 e. The number of anilines is 1. The van der Waals surface area contributed by atoms with Gasteiger partial charge in [-0.1, -0.05) is 54.6 Å². The number of benzene rings is 4. The zero-order valence-corrected chi connectivity index (χ0v) is 51.5. The molecular formula is C64H93F3N11O10+. The van der Waals surface area contributed by atoms with Gasteiger partial charge in [0.1, 0.15) is 36.6 Å². The molecule has 0 aromatic heterocycles. The highest BCUT2D eigenvalue weighted by Gasteiger charge is 2.42. The number of alkyl halides is 2. The van der Waals surface area contributed by atoms with E-state index in [0.29, 0.717) is 80.6 Å². The van der Waals surface area contributed by atoms with Crippen molar-refractivity contribution in [2.45, 2.75) is 95.3 Å². The van der Waals surface area contributed by atoms with Gasteiger partial charge in [0, 0.05) is 99.5 Å². The monoisotopic (exact) mass is 1230 g/mol. The van der Waals surface area contributed by atoms with E-state index >= 15 is 0 Å². The maximum Gasteiger partial charge on any atom is 0.320 e. The molecular weight excluding hydrogens is 1140 g/mol. The zero-order chi connectivity index (χ0) is 62.9. The molecule has 88 heavy (non-hydrogen) atoms. The van der Waals surface area contributed by atoms with Gasteiger partial charge in [-0.2, -0.15) is 0 Å². The number of likely N-dealkylation sites (N-methyl/N-ethyl adjacent to an activating group) is 2. The standard InChI is InChI=1S/C64H92F3N11O10/c1-49(43-60(80)76-31-29-75(3)30-32-76)70-48-71-63(82)72-55-18-22-58(23-19-55)88-42-41-86-38-34-77(83)47-56(73-68)26-36-84-39-40-85-37-33-74(2)28-7-8-35-87-57-20-13-50(14-21-57)15-24-59(79)78(46-52-25-27-64(66,67)44-52)61(53-9-5-4-6-10-53)62(81)69-45-51-11-16-54(65)17-12-51/h4-6,9-14,16-23,49,52,56,61,70,73H,7-8,15,24-48,68H2,1-3H3,(H2-,69,71,72,81,82)/p+1. The maximum atomic E-state index is 14.4. The van der Waals surface area contributed by atoms with Crippen molar-refractivity contribution in [3.63, 3.8) is 0 Å². The van der Waals surface area contributed by atoms with Gasteiger partial charge in [-0.25, -0.2) is 18.0 Å². The number of nitroso groups, excluding NO2 is 1. The average Bonchev–Trinajstić information content (AvgIpc) is 3.65. The molecule has 4 unspecified atom stereocenters. The Labute approximate surface area is 516 Å². The number of carbonyl (C=O) groups is 4. The second-order valence-electron chi connectivity index (χ2n) is 22.7. The van der Waals surface area contributed by atoms with Gasteiger partial charge in [-0.15, -0.1) is 0 Å². The summed E-state index contributed by atoms with van der Waals surface area (Å²) in [6.07, 6.45) is 2.76. The van der Waals surface area contributed by atoms with Crippen molar-refractivity contribution in [1.29, 1.82) is 0 Å². The van der Waals surface area contributed by atoms with Crippen molar-refractivity contribution >= 4 is 29.4 Å². The molecule has 1 saturated carbocycles. The quantitative estimate of drug-likeness (QED) is 0.00913. The number of hydrazine groups is 1. The second-order valence-corrected chi connectivity index (χ2v) is 22.7. The fourth-order valence-corrected chi connectivity index (χ4v) is 10.2. The molecule has 1 saturated heterocycles.